The first kappa shape index (κ1) is 11.9. The van der Waals surface area contributed by atoms with E-state index in [9.17, 15) is 4.79 Å². The molecule has 2 aromatic rings. The summed E-state index contributed by atoms with van der Waals surface area (Å²) in [6.45, 7) is 0. The standard InChI is InChI=1S/C15H14OS/c16-14(13-8-4-5-9-15(13)17)11-10-12-6-2-1-3-7-12/h1-9,17H,10-11H2. The van der Waals surface area contributed by atoms with Crippen LogP contribution in [0, 0.1) is 0 Å². The number of thiol groups is 1. The van der Waals surface area contributed by atoms with Crippen LogP contribution >= 0.6 is 12.6 Å². The van der Waals surface area contributed by atoms with Gasteiger partial charge >= 0.3 is 0 Å². The van der Waals surface area contributed by atoms with E-state index < -0.39 is 0 Å². The van der Waals surface area contributed by atoms with Gasteiger partial charge in [-0.05, 0) is 18.1 Å². The molecule has 0 atom stereocenters. The van der Waals surface area contributed by atoms with Crippen molar-refractivity contribution in [3.05, 3.63) is 65.7 Å². The van der Waals surface area contributed by atoms with Crippen LogP contribution < -0.4 is 0 Å². The van der Waals surface area contributed by atoms with Crippen LogP contribution in [0.2, 0.25) is 0 Å². The topological polar surface area (TPSA) is 17.1 Å². The number of carbonyl (C=O) groups excluding carboxylic acids is 1. The minimum atomic E-state index is 0.152. The molecule has 0 unspecified atom stereocenters. The van der Waals surface area contributed by atoms with E-state index in [1.54, 1.807) is 0 Å². The van der Waals surface area contributed by atoms with Gasteiger partial charge in [0.05, 0.1) is 0 Å². The lowest BCUT2D eigenvalue weighted by atomic mass is 10.0. The Labute approximate surface area is 107 Å². The highest BCUT2D eigenvalue weighted by molar-refractivity contribution is 7.80. The largest absolute Gasteiger partial charge is 0.294 e. The van der Waals surface area contributed by atoms with Crippen molar-refractivity contribution in [3.63, 3.8) is 0 Å². The second kappa shape index (κ2) is 5.69. The molecule has 1 nitrogen and oxygen atoms in total. The highest BCUT2D eigenvalue weighted by atomic mass is 32.1. The van der Waals surface area contributed by atoms with Gasteiger partial charge in [0.1, 0.15) is 0 Å². The quantitative estimate of drug-likeness (QED) is 0.637. The summed E-state index contributed by atoms with van der Waals surface area (Å²) in [7, 11) is 0. The number of hydrogen-bond donors (Lipinski definition) is 1. The van der Waals surface area contributed by atoms with Crippen LogP contribution in [0.4, 0.5) is 0 Å². The summed E-state index contributed by atoms with van der Waals surface area (Å²) in [5, 5.41) is 0. The third-order valence-corrected chi connectivity index (χ3v) is 3.08. The molecule has 0 heterocycles. The molecule has 0 saturated heterocycles. The average Bonchev–Trinajstić information content (AvgIpc) is 2.38. The minimum Gasteiger partial charge on any atom is -0.294 e. The lowest BCUT2D eigenvalue weighted by molar-refractivity contribution is 0.0980. The summed E-state index contributed by atoms with van der Waals surface area (Å²) >= 11 is 4.30. The predicted octanol–water partition coefficient (Wildman–Crippen LogP) is 3.79. The molecule has 0 saturated carbocycles. The second-order valence-electron chi connectivity index (χ2n) is 3.93. The van der Waals surface area contributed by atoms with Gasteiger partial charge in [0, 0.05) is 16.9 Å². The van der Waals surface area contributed by atoms with E-state index in [2.05, 4.69) is 12.6 Å². The smallest absolute Gasteiger partial charge is 0.164 e. The molecular formula is C15H14OS. The first-order valence-corrected chi connectivity index (χ1v) is 6.07. The van der Waals surface area contributed by atoms with Gasteiger partial charge in [0.2, 0.25) is 0 Å². The Morgan fingerprint density at radius 3 is 2.29 bits per heavy atom. The van der Waals surface area contributed by atoms with Gasteiger partial charge < -0.3 is 0 Å². The zero-order valence-corrected chi connectivity index (χ0v) is 10.4. The molecule has 0 bridgehead atoms. The van der Waals surface area contributed by atoms with Gasteiger partial charge in [-0.25, -0.2) is 0 Å². The number of Topliss-reactive ketones (excluding diaryl/α,β-unsaturated/α-hetero) is 1. The summed E-state index contributed by atoms with van der Waals surface area (Å²) in [4.78, 5) is 12.7. The summed E-state index contributed by atoms with van der Waals surface area (Å²) in [5.41, 5.74) is 1.91. The van der Waals surface area contributed by atoms with E-state index in [1.165, 1.54) is 5.56 Å². The van der Waals surface area contributed by atoms with Crippen molar-refractivity contribution in [3.8, 4) is 0 Å². The second-order valence-corrected chi connectivity index (χ2v) is 4.41. The van der Waals surface area contributed by atoms with E-state index >= 15 is 0 Å². The molecule has 2 aromatic carbocycles. The molecule has 0 N–H and O–H groups in total. The summed E-state index contributed by atoms with van der Waals surface area (Å²) in [6, 6.07) is 17.5. The molecule has 0 spiro atoms. The van der Waals surface area contributed by atoms with Gasteiger partial charge in [-0.3, -0.25) is 4.79 Å². The summed E-state index contributed by atoms with van der Waals surface area (Å²) in [5.74, 6) is 0.152. The van der Waals surface area contributed by atoms with E-state index in [-0.39, 0.29) is 5.78 Å². The van der Waals surface area contributed by atoms with Gasteiger partial charge in [-0.2, -0.15) is 0 Å². The molecule has 2 rings (SSSR count). The predicted molar refractivity (Wildman–Crippen MR) is 72.8 cm³/mol. The van der Waals surface area contributed by atoms with Crippen molar-refractivity contribution in [2.75, 3.05) is 0 Å². The molecule has 86 valence electrons. The van der Waals surface area contributed by atoms with Crippen LogP contribution in [-0.4, -0.2) is 5.78 Å². The first-order chi connectivity index (χ1) is 8.27. The van der Waals surface area contributed by atoms with Gasteiger partial charge in [-0.15, -0.1) is 12.6 Å². The number of hydrogen-bond acceptors (Lipinski definition) is 2. The van der Waals surface area contributed by atoms with Crippen molar-refractivity contribution in [1.29, 1.82) is 0 Å². The summed E-state index contributed by atoms with van der Waals surface area (Å²) in [6.07, 6.45) is 1.31. The van der Waals surface area contributed by atoms with Crippen molar-refractivity contribution in [2.45, 2.75) is 17.7 Å². The Morgan fingerprint density at radius 2 is 1.59 bits per heavy atom. The third-order valence-electron chi connectivity index (χ3n) is 2.69. The monoisotopic (exact) mass is 242 g/mol. The van der Waals surface area contributed by atoms with E-state index in [1.807, 2.05) is 54.6 Å². The number of carbonyl (C=O) groups is 1. The lowest BCUT2D eigenvalue weighted by Crippen LogP contribution is -2.02. The molecule has 0 aliphatic heterocycles. The molecule has 0 aliphatic carbocycles. The van der Waals surface area contributed by atoms with Crippen molar-refractivity contribution < 1.29 is 4.79 Å². The van der Waals surface area contributed by atoms with Crippen LogP contribution in [0.1, 0.15) is 22.3 Å². The fraction of sp³-hybridized carbons (Fsp3) is 0.133. The first-order valence-electron chi connectivity index (χ1n) is 5.62. The van der Waals surface area contributed by atoms with Crippen LogP contribution in [-0.2, 0) is 6.42 Å². The molecule has 0 aromatic heterocycles. The molecule has 0 amide bonds. The van der Waals surface area contributed by atoms with Crippen molar-refractivity contribution >= 4 is 18.4 Å². The van der Waals surface area contributed by atoms with Gasteiger partial charge in [0.15, 0.2) is 5.78 Å². The Hall–Kier alpha value is -1.54. The lowest BCUT2D eigenvalue weighted by Gasteiger charge is -2.04. The molecular weight excluding hydrogens is 228 g/mol. The van der Waals surface area contributed by atoms with Crippen LogP contribution in [0.3, 0.4) is 0 Å². The molecule has 17 heavy (non-hydrogen) atoms. The maximum Gasteiger partial charge on any atom is 0.164 e. The fourth-order valence-corrected chi connectivity index (χ4v) is 2.03. The summed E-state index contributed by atoms with van der Waals surface area (Å²) < 4.78 is 0. The Bertz CT molecular complexity index is 505. The van der Waals surface area contributed by atoms with Crippen LogP contribution in [0.25, 0.3) is 0 Å². The molecule has 0 radical (unpaired) electrons. The van der Waals surface area contributed by atoms with Crippen LogP contribution in [0.15, 0.2) is 59.5 Å². The maximum absolute atomic E-state index is 12.0. The number of aryl methyl sites for hydroxylation is 1. The number of benzene rings is 2. The average molecular weight is 242 g/mol. The maximum atomic E-state index is 12.0. The number of rotatable bonds is 4. The Kier molecular flexibility index (Phi) is 3.99. The van der Waals surface area contributed by atoms with Crippen molar-refractivity contribution in [1.82, 2.24) is 0 Å². The SMILES string of the molecule is O=C(CCc1ccccc1)c1ccccc1S. The van der Waals surface area contributed by atoms with Gasteiger partial charge in [-0.1, -0.05) is 48.5 Å². The Balaban J connectivity index is 2.01. The van der Waals surface area contributed by atoms with Crippen molar-refractivity contribution in [2.24, 2.45) is 0 Å². The zero-order chi connectivity index (χ0) is 12.1. The number of ketones is 1. The Morgan fingerprint density at radius 1 is 0.941 bits per heavy atom. The van der Waals surface area contributed by atoms with Gasteiger partial charge in [0.25, 0.3) is 0 Å². The van der Waals surface area contributed by atoms with E-state index in [0.717, 1.165) is 11.3 Å². The highest BCUT2D eigenvalue weighted by Gasteiger charge is 2.08. The fourth-order valence-electron chi connectivity index (χ4n) is 1.75. The molecule has 0 fully saturated rings. The van der Waals surface area contributed by atoms with E-state index in [0.29, 0.717) is 12.0 Å². The van der Waals surface area contributed by atoms with Crippen LogP contribution in [0.5, 0.6) is 0 Å². The minimum absolute atomic E-state index is 0.152. The third kappa shape index (κ3) is 3.21. The highest BCUT2D eigenvalue weighted by Crippen LogP contribution is 2.16. The molecule has 2 heteroatoms. The zero-order valence-electron chi connectivity index (χ0n) is 9.47. The van der Waals surface area contributed by atoms with E-state index in [4.69, 9.17) is 0 Å². The normalized spacial score (nSPS) is 10.2. The molecule has 0 aliphatic rings.